The third-order valence-electron chi connectivity index (χ3n) is 1.66. The van der Waals surface area contributed by atoms with Crippen LogP contribution in [0.15, 0.2) is 0 Å². The number of hydrogen-bond acceptors (Lipinski definition) is 3. The lowest BCUT2D eigenvalue weighted by molar-refractivity contribution is -0.873. The number of carboxylic acid groups (broad SMARTS) is 1. The van der Waals surface area contributed by atoms with Crippen LogP contribution in [-0.4, -0.2) is 59.1 Å². The van der Waals surface area contributed by atoms with Crippen molar-refractivity contribution < 1.29 is 23.9 Å². The Kier molecular flexibility index (Phi) is 6.01. The van der Waals surface area contributed by atoms with Crippen LogP contribution in [0.2, 0.25) is 0 Å². The number of alkyl halides is 3. The molecule has 0 spiro atoms. The molecule has 0 aliphatic rings. The highest BCUT2D eigenvalue weighted by atomic mass is 35.6. The molecule has 0 aliphatic heterocycles. The number of aliphatic carboxylic acids is 1. The Labute approximate surface area is 115 Å². The van der Waals surface area contributed by atoms with E-state index in [1.54, 1.807) is 0 Å². The van der Waals surface area contributed by atoms with Gasteiger partial charge in [-0.2, -0.15) is 0 Å². The maximum atomic E-state index is 11.3. The van der Waals surface area contributed by atoms with Gasteiger partial charge in [-0.05, 0) is 0 Å². The number of halogens is 3. The van der Waals surface area contributed by atoms with E-state index >= 15 is 0 Å². The number of carbonyl (C=O) groups is 2. The van der Waals surface area contributed by atoms with Crippen molar-refractivity contribution in [1.82, 2.24) is 0 Å². The van der Waals surface area contributed by atoms with Crippen molar-refractivity contribution in [1.29, 1.82) is 0 Å². The van der Waals surface area contributed by atoms with Crippen LogP contribution in [0.1, 0.15) is 6.42 Å². The largest absolute Gasteiger partial charge is 0.481 e. The minimum atomic E-state index is -2.19. The Bertz CT molecular complexity index is 296. The Morgan fingerprint density at radius 3 is 2.06 bits per heavy atom. The van der Waals surface area contributed by atoms with E-state index in [1.165, 1.54) is 0 Å². The standard InChI is InChI=1S/C9H14Cl3NO4/c1-13(2,3)5-6(4-7(14)15)17-8(16)9(10,11)12/h6H,4-5H2,1-3H3/p+1/t6-/m1/s1. The van der Waals surface area contributed by atoms with Gasteiger partial charge in [-0.25, -0.2) is 4.79 Å². The summed E-state index contributed by atoms with van der Waals surface area (Å²) in [5, 5.41) is 8.70. The third kappa shape index (κ3) is 8.49. The second-order valence-corrected chi connectivity index (χ2v) is 6.88. The van der Waals surface area contributed by atoms with Crippen LogP contribution < -0.4 is 0 Å². The lowest BCUT2D eigenvalue weighted by atomic mass is 10.2. The summed E-state index contributed by atoms with van der Waals surface area (Å²) in [4.78, 5) is 22.0. The van der Waals surface area contributed by atoms with Gasteiger partial charge in [-0.3, -0.25) is 4.79 Å². The van der Waals surface area contributed by atoms with Crippen molar-refractivity contribution in [3.8, 4) is 0 Å². The number of ether oxygens (including phenoxy) is 1. The highest BCUT2D eigenvalue weighted by molar-refractivity contribution is 6.75. The lowest BCUT2D eigenvalue weighted by Crippen LogP contribution is -2.44. The van der Waals surface area contributed by atoms with E-state index < -0.39 is 21.8 Å². The number of hydrogen-bond donors (Lipinski definition) is 1. The van der Waals surface area contributed by atoms with Crippen LogP contribution >= 0.6 is 34.8 Å². The third-order valence-corrected chi connectivity index (χ3v) is 2.12. The molecule has 8 heteroatoms. The summed E-state index contributed by atoms with van der Waals surface area (Å²) in [7, 11) is 5.49. The smallest absolute Gasteiger partial charge is 0.359 e. The molecule has 0 rings (SSSR count). The Balaban J connectivity index is 4.60. The summed E-state index contributed by atoms with van der Waals surface area (Å²) in [5.41, 5.74) is 0. The van der Waals surface area contributed by atoms with Gasteiger partial charge in [0, 0.05) is 0 Å². The zero-order valence-corrected chi connectivity index (χ0v) is 12.0. The van der Waals surface area contributed by atoms with Crippen LogP contribution in [0.5, 0.6) is 0 Å². The van der Waals surface area contributed by atoms with E-state index in [2.05, 4.69) is 0 Å². The van der Waals surface area contributed by atoms with Gasteiger partial charge in [0.05, 0.1) is 27.6 Å². The predicted molar refractivity (Wildman–Crippen MR) is 65.3 cm³/mol. The zero-order valence-electron chi connectivity index (χ0n) is 9.74. The van der Waals surface area contributed by atoms with E-state index in [-0.39, 0.29) is 6.42 Å². The number of nitrogens with zero attached hydrogens (tertiary/aromatic N) is 1. The van der Waals surface area contributed by atoms with Gasteiger partial charge in [0.25, 0.3) is 3.79 Å². The maximum Gasteiger partial charge on any atom is 0.359 e. The average molecular weight is 308 g/mol. The topological polar surface area (TPSA) is 63.6 Å². The monoisotopic (exact) mass is 306 g/mol. The number of likely N-dealkylation sites (N-methyl/N-ethyl adjacent to an activating group) is 1. The normalized spacial score (nSPS) is 14.2. The van der Waals surface area contributed by atoms with Gasteiger partial charge in [0.15, 0.2) is 6.10 Å². The molecule has 100 valence electrons. The number of quaternary nitrogens is 1. The van der Waals surface area contributed by atoms with Gasteiger partial charge in [-0.1, -0.05) is 34.8 Å². The fourth-order valence-corrected chi connectivity index (χ4v) is 1.30. The maximum absolute atomic E-state index is 11.3. The highest BCUT2D eigenvalue weighted by Crippen LogP contribution is 2.28. The van der Waals surface area contributed by atoms with Crippen LogP contribution in [0.25, 0.3) is 0 Å². The number of carboxylic acids is 1. The molecule has 0 radical (unpaired) electrons. The molecule has 0 aromatic rings. The highest BCUT2D eigenvalue weighted by Gasteiger charge is 2.36. The van der Waals surface area contributed by atoms with E-state index in [1.807, 2.05) is 21.1 Å². The predicted octanol–water partition coefficient (Wildman–Crippen LogP) is 1.45. The van der Waals surface area contributed by atoms with Crippen molar-refractivity contribution in [2.45, 2.75) is 16.3 Å². The van der Waals surface area contributed by atoms with Crippen molar-refractivity contribution >= 4 is 46.7 Å². The van der Waals surface area contributed by atoms with Crippen LogP contribution in [0.3, 0.4) is 0 Å². The first kappa shape index (κ1) is 16.8. The minimum Gasteiger partial charge on any atom is -0.481 e. The molecule has 0 aromatic heterocycles. The number of rotatable bonds is 5. The number of carbonyl (C=O) groups excluding carboxylic acids is 1. The molecule has 0 unspecified atom stereocenters. The summed E-state index contributed by atoms with van der Waals surface area (Å²) < 4.78 is 3.10. The van der Waals surface area contributed by atoms with Gasteiger partial charge < -0.3 is 14.3 Å². The van der Waals surface area contributed by atoms with E-state index in [0.29, 0.717) is 11.0 Å². The van der Waals surface area contributed by atoms with Crippen LogP contribution in [0, 0.1) is 0 Å². The molecule has 0 amide bonds. The second-order valence-electron chi connectivity index (χ2n) is 4.60. The van der Waals surface area contributed by atoms with Crippen molar-refractivity contribution in [3.05, 3.63) is 0 Å². The summed E-state index contributed by atoms with van der Waals surface area (Å²) in [6.45, 7) is 0.304. The molecule has 0 aromatic carbocycles. The summed E-state index contributed by atoms with van der Waals surface area (Å²) >= 11 is 16.0. The summed E-state index contributed by atoms with van der Waals surface area (Å²) in [6.07, 6.45) is -1.17. The fraction of sp³-hybridized carbons (Fsp3) is 0.778. The molecule has 0 bridgehead atoms. The fourth-order valence-electron chi connectivity index (χ4n) is 1.17. The van der Waals surface area contributed by atoms with Crippen LogP contribution in [-0.2, 0) is 14.3 Å². The van der Waals surface area contributed by atoms with Crippen molar-refractivity contribution in [2.75, 3.05) is 27.7 Å². The molecule has 17 heavy (non-hydrogen) atoms. The molecular weight excluding hydrogens is 292 g/mol. The first-order valence-electron chi connectivity index (χ1n) is 4.72. The van der Waals surface area contributed by atoms with Gasteiger partial charge in [0.2, 0.25) is 0 Å². The number of esters is 1. The first-order valence-corrected chi connectivity index (χ1v) is 5.85. The van der Waals surface area contributed by atoms with Crippen molar-refractivity contribution in [2.24, 2.45) is 0 Å². The Morgan fingerprint density at radius 1 is 1.29 bits per heavy atom. The zero-order chi connectivity index (χ0) is 13.9. The Morgan fingerprint density at radius 2 is 1.76 bits per heavy atom. The average Bonchev–Trinajstić information content (AvgIpc) is 1.96. The molecule has 1 N–H and O–H groups in total. The molecule has 0 heterocycles. The molecule has 0 saturated heterocycles. The molecule has 0 aliphatic carbocycles. The van der Waals surface area contributed by atoms with Crippen molar-refractivity contribution in [3.63, 3.8) is 0 Å². The quantitative estimate of drug-likeness (QED) is 0.474. The van der Waals surface area contributed by atoms with E-state index in [0.717, 1.165) is 0 Å². The SMILES string of the molecule is C[N+](C)(C)C[C@@H](CC(=O)O)OC(=O)C(Cl)(Cl)Cl. The molecule has 1 atom stereocenters. The molecule has 5 nitrogen and oxygen atoms in total. The van der Waals surface area contributed by atoms with Crippen LogP contribution in [0.4, 0.5) is 0 Å². The lowest BCUT2D eigenvalue weighted by Gasteiger charge is -2.28. The van der Waals surface area contributed by atoms with Gasteiger partial charge >= 0.3 is 11.9 Å². The molecular formula is C9H15Cl3NO4+. The van der Waals surface area contributed by atoms with Gasteiger partial charge in [-0.15, -0.1) is 0 Å². The summed E-state index contributed by atoms with van der Waals surface area (Å²) in [6, 6.07) is 0. The second kappa shape index (κ2) is 6.09. The first-order chi connectivity index (χ1) is 7.42. The van der Waals surface area contributed by atoms with E-state index in [9.17, 15) is 9.59 Å². The summed E-state index contributed by atoms with van der Waals surface area (Å²) in [5.74, 6) is -2.15. The van der Waals surface area contributed by atoms with E-state index in [4.69, 9.17) is 44.6 Å². The molecule has 0 fully saturated rings. The molecule has 0 saturated carbocycles. The minimum absolute atomic E-state index is 0.304. The Hall–Kier alpha value is -0.230. The van der Waals surface area contributed by atoms with Gasteiger partial charge in [0.1, 0.15) is 6.54 Å².